The molecule has 9 heteroatoms. The quantitative estimate of drug-likeness (QED) is 0.839. The molecule has 2 rings (SSSR count). The van der Waals surface area contributed by atoms with Gasteiger partial charge in [0.05, 0.1) is 14.9 Å². The minimum absolute atomic E-state index is 0.0393. The summed E-state index contributed by atoms with van der Waals surface area (Å²) in [6.45, 7) is -0.241. The van der Waals surface area contributed by atoms with E-state index in [1.165, 1.54) is 30.3 Å². The number of carbonyl (C=O) groups excluding carboxylic acids is 1. The monoisotopic (exact) mass is 374 g/mol. The lowest BCUT2D eigenvalue weighted by Crippen LogP contribution is -2.20. The SMILES string of the molecule is NS(=O)(=O)c1ccc(NC(=O)COc2ccc(Cl)c(Cl)c2)cc1. The molecule has 1 amide bonds. The molecule has 0 heterocycles. The topological polar surface area (TPSA) is 98.5 Å². The Hall–Kier alpha value is -1.80. The van der Waals surface area contributed by atoms with Gasteiger partial charge in [0, 0.05) is 11.8 Å². The lowest BCUT2D eigenvalue weighted by Gasteiger charge is -2.08. The van der Waals surface area contributed by atoms with Gasteiger partial charge >= 0.3 is 0 Å². The van der Waals surface area contributed by atoms with E-state index in [4.69, 9.17) is 33.1 Å². The van der Waals surface area contributed by atoms with Crippen molar-refractivity contribution >= 4 is 44.8 Å². The number of benzene rings is 2. The molecule has 2 aromatic carbocycles. The molecule has 0 aromatic heterocycles. The number of primary sulfonamides is 1. The number of sulfonamides is 1. The molecule has 0 aliphatic heterocycles. The maximum atomic E-state index is 11.8. The van der Waals surface area contributed by atoms with Crippen molar-refractivity contribution in [1.82, 2.24) is 0 Å². The molecule has 0 fully saturated rings. The number of nitrogens with one attached hydrogen (secondary N) is 1. The Labute approximate surface area is 143 Å². The van der Waals surface area contributed by atoms with E-state index in [9.17, 15) is 13.2 Å². The van der Waals surface area contributed by atoms with Crippen LogP contribution in [0.3, 0.4) is 0 Å². The number of rotatable bonds is 5. The van der Waals surface area contributed by atoms with Crippen molar-refractivity contribution in [3.8, 4) is 5.75 Å². The lowest BCUT2D eigenvalue weighted by molar-refractivity contribution is -0.118. The van der Waals surface area contributed by atoms with Gasteiger partial charge in [-0.3, -0.25) is 4.79 Å². The van der Waals surface area contributed by atoms with E-state index in [-0.39, 0.29) is 11.5 Å². The van der Waals surface area contributed by atoms with Gasteiger partial charge in [0.1, 0.15) is 5.75 Å². The van der Waals surface area contributed by atoms with Crippen molar-refractivity contribution in [3.63, 3.8) is 0 Å². The highest BCUT2D eigenvalue weighted by Crippen LogP contribution is 2.26. The maximum absolute atomic E-state index is 11.8. The highest BCUT2D eigenvalue weighted by molar-refractivity contribution is 7.89. The summed E-state index contributed by atoms with van der Waals surface area (Å²) in [5.41, 5.74) is 0.417. The highest BCUT2D eigenvalue weighted by atomic mass is 35.5. The van der Waals surface area contributed by atoms with Crippen molar-refractivity contribution in [2.75, 3.05) is 11.9 Å². The third-order valence-corrected chi connectivity index (χ3v) is 4.40. The molecule has 0 unspecified atom stereocenters. The fourth-order valence-corrected chi connectivity index (χ4v) is 2.44. The number of hydrogen-bond acceptors (Lipinski definition) is 4. The van der Waals surface area contributed by atoms with Gasteiger partial charge in [-0.15, -0.1) is 0 Å². The first-order chi connectivity index (χ1) is 10.8. The van der Waals surface area contributed by atoms with Crippen LogP contribution in [-0.2, 0) is 14.8 Å². The summed E-state index contributed by atoms with van der Waals surface area (Å²) in [6, 6.07) is 10.1. The van der Waals surface area contributed by atoms with Crippen molar-refractivity contribution in [3.05, 3.63) is 52.5 Å². The summed E-state index contributed by atoms with van der Waals surface area (Å²) in [5.74, 6) is -0.0152. The first kappa shape index (κ1) is 17.6. The molecule has 23 heavy (non-hydrogen) atoms. The number of ether oxygens (including phenoxy) is 1. The maximum Gasteiger partial charge on any atom is 0.262 e. The van der Waals surface area contributed by atoms with Gasteiger partial charge in [0.15, 0.2) is 6.61 Å². The zero-order valence-corrected chi connectivity index (χ0v) is 14.0. The smallest absolute Gasteiger partial charge is 0.262 e. The second kappa shape index (κ2) is 7.18. The molecule has 0 aliphatic carbocycles. The van der Waals surface area contributed by atoms with Crippen LogP contribution in [0.2, 0.25) is 10.0 Å². The fourth-order valence-electron chi connectivity index (χ4n) is 1.64. The summed E-state index contributed by atoms with van der Waals surface area (Å²) in [5, 5.41) is 8.26. The largest absolute Gasteiger partial charge is 0.484 e. The molecule has 0 atom stereocenters. The van der Waals surface area contributed by atoms with E-state index in [1.54, 1.807) is 12.1 Å². The summed E-state index contributed by atoms with van der Waals surface area (Å²) in [7, 11) is -3.76. The normalized spacial score (nSPS) is 11.1. The van der Waals surface area contributed by atoms with Crippen molar-refractivity contribution in [2.24, 2.45) is 5.14 Å². The number of nitrogens with two attached hydrogens (primary N) is 1. The van der Waals surface area contributed by atoms with Gasteiger partial charge in [0.2, 0.25) is 10.0 Å². The summed E-state index contributed by atoms with van der Waals surface area (Å²) < 4.78 is 27.5. The predicted octanol–water partition coefficient (Wildman–Crippen LogP) is 2.66. The van der Waals surface area contributed by atoms with Gasteiger partial charge < -0.3 is 10.1 Å². The molecule has 3 N–H and O–H groups in total. The third-order valence-electron chi connectivity index (χ3n) is 2.73. The fraction of sp³-hybridized carbons (Fsp3) is 0.0714. The summed E-state index contributed by atoms with van der Waals surface area (Å²) in [6.07, 6.45) is 0. The molecule has 122 valence electrons. The first-order valence-electron chi connectivity index (χ1n) is 6.26. The second-order valence-corrected chi connectivity index (χ2v) is 6.86. The molecular weight excluding hydrogens is 363 g/mol. The number of anilines is 1. The number of hydrogen-bond donors (Lipinski definition) is 2. The van der Waals surface area contributed by atoms with Crippen LogP contribution in [0.4, 0.5) is 5.69 Å². The number of amides is 1. The molecule has 0 saturated heterocycles. The van der Waals surface area contributed by atoms with E-state index in [2.05, 4.69) is 5.32 Å². The van der Waals surface area contributed by atoms with Crippen LogP contribution in [-0.4, -0.2) is 20.9 Å². The van der Waals surface area contributed by atoms with Crippen LogP contribution in [0.25, 0.3) is 0 Å². The second-order valence-electron chi connectivity index (χ2n) is 4.48. The molecule has 0 spiro atoms. The van der Waals surface area contributed by atoms with E-state index in [1.807, 2.05) is 0 Å². The zero-order chi connectivity index (χ0) is 17.0. The van der Waals surface area contributed by atoms with Crippen LogP contribution in [0.15, 0.2) is 47.4 Å². The zero-order valence-electron chi connectivity index (χ0n) is 11.6. The Balaban J connectivity index is 1.93. The first-order valence-corrected chi connectivity index (χ1v) is 8.56. The minimum Gasteiger partial charge on any atom is -0.484 e. The average molecular weight is 375 g/mol. The van der Waals surface area contributed by atoms with Crippen LogP contribution in [0.1, 0.15) is 0 Å². The van der Waals surface area contributed by atoms with E-state index >= 15 is 0 Å². The van der Waals surface area contributed by atoms with Crippen LogP contribution >= 0.6 is 23.2 Å². The van der Waals surface area contributed by atoms with Crippen molar-refractivity contribution in [2.45, 2.75) is 4.90 Å². The third kappa shape index (κ3) is 5.11. The Morgan fingerprint density at radius 1 is 1.09 bits per heavy atom. The van der Waals surface area contributed by atoms with Crippen LogP contribution < -0.4 is 15.2 Å². The van der Waals surface area contributed by atoms with Gasteiger partial charge in [-0.05, 0) is 36.4 Å². The van der Waals surface area contributed by atoms with Crippen LogP contribution in [0, 0.1) is 0 Å². The molecule has 0 radical (unpaired) electrons. The Bertz CT molecular complexity index is 823. The predicted molar refractivity (Wildman–Crippen MR) is 88.4 cm³/mol. The van der Waals surface area contributed by atoms with Crippen molar-refractivity contribution in [1.29, 1.82) is 0 Å². The van der Waals surface area contributed by atoms with Gasteiger partial charge in [-0.2, -0.15) is 0 Å². The van der Waals surface area contributed by atoms with E-state index in [0.717, 1.165) is 0 Å². The lowest BCUT2D eigenvalue weighted by atomic mass is 10.3. The summed E-state index contributed by atoms with van der Waals surface area (Å²) >= 11 is 11.6. The van der Waals surface area contributed by atoms with Gasteiger partial charge in [-0.25, -0.2) is 13.6 Å². The number of carbonyl (C=O) groups is 1. The minimum atomic E-state index is -3.76. The Morgan fingerprint density at radius 3 is 2.30 bits per heavy atom. The molecule has 0 bridgehead atoms. The molecule has 6 nitrogen and oxygen atoms in total. The molecule has 0 aliphatic rings. The molecular formula is C14H12Cl2N2O4S. The Kier molecular flexibility index (Phi) is 5.48. The summed E-state index contributed by atoms with van der Waals surface area (Å²) in [4.78, 5) is 11.7. The highest BCUT2D eigenvalue weighted by Gasteiger charge is 2.09. The van der Waals surface area contributed by atoms with Crippen LogP contribution in [0.5, 0.6) is 5.75 Å². The Morgan fingerprint density at radius 2 is 1.74 bits per heavy atom. The van der Waals surface area contributed by atoms with Crippen molar-refractivity contribution < 1.29 is 17.9 Å². The van der Waals surface area contributed by atoms with E-state index < -0.39 is 15.9 Å². The van der Waals surface area contributed by atoms with E-state index in [0.29, 0.717) is 21.5 Å². The molecule has 0 saturated carbocycles. The standard InChI is InChI=1S/C14H12Cl2N2O4S/c15-12-6-3-10(7-13(12)16)22-8-14(19)18-9-1-4-11(5-2-9)23(17,20)21/h1-7H,8H2,(H,18,19)(H2,17,20,21). The van der Waals surface area contributed by atoms with Gasteiger partial charge in [-0.1, -0.05) is 23.2 Å². The number of halogens is 2. The average Bonchev–Trinajstić information content (AvgIpc) is 2.48. The van der Waals surface area contributed by atoms with Gasteiger partial charge in [0.25, 0.3) is 5.91 Å². The molecule has 2 aromatic rings.